The number of nitrogens with two attached hydrogens (primary N) is 1. The van der Waals surface area contributed by atoms with Crippen LogP contribution in [0.3, 0.4) is 0 Å². The number of benzene rings is 2. The molecule has 0 unspecified atom stereocenters. The van der Waals surface area contributed by atoms with E-state index in [1.165, 1.54) is 0 Å². The molecule has 2 aromatic carbocycles. The lowest BCUT2D eigenvalue weighted by molar-refractivity contribution is -0.126. The minimum Gasteiger partial charge on any atom is -0.374 e. The van der Waals surface area contributed by atoms with E-state index >= 15 is 0 Å². The van der Waals surface area contributed by atoms with Crippen LogP contribution in [0.5, 0.6) is 0 Å². The van der Waals surface area contributed by atoms with Gasteiger partial charge < -0.3 is 5.73 Å². The number of carbonyl (C=O) groups excluding carboxylic acids is 1. The minimum atomic E-state index is -0.770. The van der Waals surface area contributed by atoms with Crippen molar-refractivity contribution >= 4 is 45.4 Å². The maximum Gasteiger partial charge on any atom is 0.282 e. The Kier molecular flexibility index (Phi) is 3.64. The van der Waals surface area contributed by atoms with E-state index in [2.05, 4.69) is 15.3 Å². The van der Waals surface area contributed by atoms with Gasteiger partial charge in [0.2, 0.25) is 0 Å². The number of hydrogen-bond donors (Lipinski definition) is 1. The highest BCUT2D eigenvalue weighted by atomic mass is 32.1. The molecular weight excluding hydrogens is 298 g/mol. The Balaban J connectivity index is 1.85. The van der Waals surface area contributed by atoms with Gasteiger partial charge in [0.15, 0.2) is 11.2 Å². The molecule has 0 saturated heterocycles. The number of hydrogen-bond acceptors (Lipinski definition) is 5. The van der Waals surface area contributed by atoms with Crippen LogP contribution in [0.15, 0.2) is 57.8 Å². The van der Waals surface area contributed by atoms with Crippen molar-refractivity contribution in [2.45, 2.75) is 13.0 Å². The van der Waals surface area contributed by atoms with E-state index in [4.69, 9.17) is 18.0 Å². The summed E-state index contributed by atoms with van der Waals surface area (Å²) in [5, 5.41) is 15.3. The summed E-state index contributed by atoms with van der Waals surface area (Å²) < 4.78 is 0. The maximum absolute atomic E-state index is 12.1. The number of carbonyl (C=O) groups is 1. The topological polar surface area (TPSA) is 83.4 Å². The van der Waals surface area contributed by atoms with Crippen LogP contribution >= 0.6 is 12.2 Å². The van der Waals surface area contributed by atoms with Gasteiger partial charge in [0.05, 0.1) is 11.4 Å². The predicted molar refractivity (Wildman–Crippen MR) is 89.0 cm³/mol. The van der Waals surface area contributed by atoms with Crippen molar-refractivity contribution in [3.8, 4) is 0 Å². The molecular formula is C15H13N5OS. The molecule has 0 fully saturated rings. The van der Waals surface area contributed by atoms with E-state index in [-0.39, 0.29) is 11.0 Å². The second kappa shape index (κ2) is 5.61. The van der Waals surface area contributed by atoms with Crippen LogP contribution in [0.2, 0.25) is 0 Å². The number of rotatable bonds is 2. The fraction of sp³-hybridized carbons (Fsp3) is 0.133. The minimum absolute atomic E-state index is 0.0900. The van der Waals surface area contributed by atoms with Crippen LogP contribution in [0.4, 0.5) is 5.69 Å². The van der Waals surface area contributed by atoms with Crippen molar-refractivity contribution in [3.63, 3.8) is 0 Å². The fourth-order valence-corrected chi connectivity index (χ4v) is 2.34. The fourth-order valence-electron chi connectivity index (χ4n) is 2.21. The lowest BCUT2D eigenvalue weighted by Crippen LogP contribution is -2.37. The molecule has 0 aliphatic carbocycles. The number of hydrazone groups is 1. The average molecular weight is 311 g/mol. The summed E-state index contributed by atoms with van der Waals surface area (Å²) in [5.74, 6) is -0.380. The van der Waals surface area contributed by atoms with Gasteiger partial charge in [0.1, 0.15) is 0 Å². The Labute approximate surface area is 132 Å². The van der Waals surface area contributed by atoms with Gasteiger partial charge in [-0.1, -0.05) is 30.3 Å². The van der Waals surface area contributed by atoms with E-state index in [1.807, 2.05) is 42.5 Å². The molecule has 2 aromatic rings. The highest BCUT2D eigenvalue weighted by molar-refractivity contribution is 7.80. The number of thiocarbonyl (C=S) groups is 1. The normalized spacial score (nSPS) is 18.2. The Morgan fingerprint density at radius 2 is 2.00 bits per heavy atom. The monoisotopic (exact) mass is 311 g/mol. The molecule has 22 heavy (non-hydrogen) atoms. The van der Waals surface area contributed by atoms with Crippen LogP contribution < -0.4 is 5.73 Å². The number of amides is 1. The molecule has 2 N–H and O–H groups in total. The first-order chi connectivity index (χ1) is 10.6. The van der Waals surface area contributed by atoms with Crippen LogP contribution in [0.1, 0.15) is 6.92 Å². The lowest BCUT2D eigenvalue weighted by atomic mass is 10.1. The van der Waals surface area contributed by atoms with Crippen LogP contribution in [0, 0.1) is 0 Å². The molecule has 1 aliphatic heterocycles. The number of nitrogens with zero attached hydrogens (tertiary/aromatic N) is 4. The summed E-state index contributed by atoms with van der Waals surface area (Å²) in [6, 6.07) is 12.9. The first kappa shape index (κ1) is 14.3. The molecule has 110 valence electrons. The molecule has 1 atom stereocenters. The van der Waals surface area contributed by atoms with E-state index in [9.17, 15) is 4.79 Å². The molecule has 1 heterocycles. The van der Waals surface area contributed by atoms with Gasteiger partial charge in [-0.3, -0.25) is 4.79 Å². The van der Waals surface area contributed by atoms with Crippen molar-refractivity contribution < 1.29 is 4.79 Å². The van der Waals surface area contributed by atoms with Crippen molar-refractivity contribution in [2.75, 3.05) is 0 Å². The molecule has 6 nitrogen and oxygen atoms in total. The predicted octanol–water partition coefficient (Wildman–Crippen LogP) is 2.75. The molecule has 3 rings (SSSR count). The molecule has 7 heteroatoms. The van der Waals surface area contributed by atoms with Gasteiger partial charge in [-0.15, -0.1) is 0 Å². The van der Waals surface area contributed by atoms with E-state index in [1.54, 1.807) is 6.92 Å². The zero-order chi connectivity index (χ0) is 15.7. The van der Waals surface area contributed by atoms with Crippen LogP contribution in [-0.2, 0) is 4.79 Å². The van der Waals surface area contributed by atoms with E-state index < -0.39 is 6.04 Å². The van der Waals surface area contributed by atoms with Crippen LogP contribution in [-0.4, -0.2) is 27.8 Å². The Morgan fingerprint density at radius 1 is 1.27 bits per heavy atom. The molecule has 0 aromatic heterocycles. The van der Waals surface area contributed by atoms with Crippen molar-refractivity contribution in [2.24, 2.45) is 21.1 Å². The summed E-state index contributed by atoms with van der Waals surface area (Å²) in [6.45, 7) is 1.69. The first-order valence-corrected chi connectivity index (χ1v) is 7.05. The van der Waals surface area contributed by atoms with E-state index in [0.717, 1.165) is 15.8 Å². The summed E-state index contributed by atoms with van der Waals surface area (Å²) in [7, 11) is 0. The van der Waals surface area contributed by atoms with Crippen molar-refractivity contribution in [3.05, 3.63) is 42.5 Å². The van der Waals surface area contributed by atoms with Crippen LogP contribution in [0.25, 0.3) is 10.8 Å². The van der Waals surface area contributed by atoms with E-state index in [0.29, 0.717) is 11.4 Å². The number of azo groups is 1. The summed E-state index contributed by atoms with van der Waals surface area (Å²) in [6.07, 6.45) is 0. The zero-order valence-corrected chi connectivity index (χ0v) is 12.6. The highest BCUT2D eigenvalue weighted by Crippen LogP contribution is 2.22. The van der Waals surface area contributed by atoms with Crippen molar-refractivity contribution in [1.29, 1.82) is 0 Å². The second-order valence-corrected chi connectivity index (χ2v) is 5.30. The molecule has 0 radical (unpaired) electrons. The largest absolute Gasteiger partial charge is 0.374 e. The Hall–Kier alpha value is -2.67. The standard InChI is InChI=1S/C15H13N5OS/c1-9-13(14(21)20(19-9)15(16)22)18-17-12-7-6-10-4-2-3-5-11(10)8-12/h2-8,13H,1H3,(H2,16,22)/t13-/m1/s1. The number of fused-ring (bicyclic) bond motifs is 1. The Morgan fingerprint density at radius 3 is 2.68 bits per heavy atom. The average Bonchev–Trinajstić information content (AvgIpc) is 2.80. The van der Waals surface area contributed by atoms with Gasteiger partial charge >= 0.3 is 0 Å². The van der Waals surface area contributed by atoms with Gasteiger partial charge in [-0.25, -0.2) is 0 Å². The van der Waals surface area contributed by atoms with Gasteiger partial charge in [0.25, 0.3) is 5.91 Å². The summed E-state index contributed by atoms with van der Waals surface area (Å²) in [4.78, 5) is 12.1. The third-order valence-electron chi connectivity index (χ3n) is 3.33. The molecule has 0 saturated carbocycles. The van der Waals surface area contributed by atoms with Gasteiger partial charge in [-0.05, 0) is 42.0 Å². The first-order valence-electron chi connectivity index (χ1n) is 6.64. The van der Waals surface area contributed by atoms with Gasteiger partial charge in [0, 0.05) is 0 Å². The maximum atomic E-state index is 12.1. The SMILES string of the molecule is CC1=NN(C(N)=S)C(=O)[C@@H]1N=Nc1ccc2ccccc2c1. The molecule has 0 spiro atoms. The quantitative estimate of drug-likeness (QED) is 0.683. The molecule has 1 aliphatic rings. The smallest absolute Gasteiger partial charge is 0.282 e. The van der Waals surface area contributed by atoms with Gasteiger partial charge in [-0.2, -0.15) is 20.3 Å². The second-order valence-electron chi connectivity index (χ2n) is 4.88. The lowest BCUT2D eigenvalue weighted by Gasteiger charge is -2.08. The summed E-state index contributed by atoms with van der Waals surface area (Å²) >= 11 is 4.77. The summed E-state index contributed by atoms with van der Waals surface area (Å²) in [5.41, 5.74) is 6.63. The zero-order valence-electron chi connectivity index (χ0n) is 11.8. The van der Waals surface area contributed by atoms with Crippen molar-refractivity contribution in [1.82, 2.24) is 5.01 Å². The third kappa shape index (κ3) is 2.58. The molecule has 0 bridgehead atoms. The molecule has 1 amide bonds. The Bertz CT molecular complexity index is 830. The highest BCUT2D eigenvalue weighted by Gasteiger charge is 2.35. The third-order valence-corrected chi connectivity index (χ3v) is 3.50.